The summed E-state index contributed by atoms with van der Waals surface area (Å²) in [4.78, 5) is 4.30. The molecular formula is C17H12ClN3. The van der Waals surface area contributed by atoms with Gasteiger partial charge in [0.2, 0.25) is 0 Å². The Balaban J connectivity index is 2.19. The molecular weight excluding hydrogens is 282 g/mol. The van der Waals surface area contributed by atoms with Gasteiger partial charge in [0.15, 0.2) is 0 Å². The van der Waals surface area contributed by atoms with Crippen LogP contribution in [0.3, 0.4) is 0 Å². The fourth-order valence-electron chi connectivity index (χ4n) is 2.23. The second kappa shape index (κ2) is 5.43. The maximum absolute atomic E-state index is 9.32. The highest BCUT2D eigenvalue weighted by Crippen LogP contribution is 2.32. The Hall–Kier alpha value is -2.57. The predicted molar refractivity (Wildman–Crippen MR) is 85.9 cm³/mol. The number of rotatable bonds is 2. The van der Waals surface area contributed by atoms with Crippen molar-refractivity contribution in [1.82, 2.24) is 4.98 Å². The van der Waals surface area contributed by atoms with Crippen molar-refractivity contribution in [3.63, 3.8) is 0 Å². The molecule has 102 valence electrons. The molecule has 0 bridgehead atoms. The summed E-state index contributed by atoms with van der Waals surface area (Å²) in [7, 11) is 0. The van der Waals surface area contributed by atoms with Crippen LogP contribution in [0.15, 0.2) is 48.7 Å². The molecule has 0 saturated carbocycles. The number of para-hydroxylation sites is 1. The van der Waals surface area contributed by atoms with Crippen LogP contribution < -0.4 is 5.32 Å². The largest absolute Gasteiger partial charge is 0.353 e. The maximum atomic E-state index is 9.32. The normalized spacial score (nSPS) is 10.3. The van der Waals surface area contributed by atoms with Gasteiger partial charge in [-0.05, 0) is 30.7 Å². The molecule has 3 nitrogen and oxygen atoms in total. The average molecular weight is 294 g/mol. The Bertz CT molecular complexity index is 866. The lowest BCUT2D eigenvalue weighted by molar-refractivity contribution is 1.36. The van der Waals surface area contributed by atoms with Gasteiger partial charge in [-0.3, -0.25) is 4.98 Å². The van der Waals surface area contributed by atoms with Crippen LogP contribution in [0.2, 0.25) is 5.02 Å². The molecule has 0 fully saturated rings. The van der Waals surface area contributed by atoms with Gasteiger partial charge >= 0.3 is 0 Å². The smallest absolute Gasteiger partial charge is 0.103 e. The Labute approximate surface area is 127 Å². The van der Waals surface area contributed by atoms with E-state index < -0.39 is 0 Å². The van der Waals surface area contributed by atoms with Crippen LogP contribution in [-0.2, 0) is 0 Å². The number of aromatic nitrogens is 1. The van der Waals surface area contributed by atoms with Gasteiger partial charge < -0.3 is 5.32 Å². The summed E-state index contributed by atoms with van der Waals surface area (Å²) in [6, 6.07) is 15.6. The fraction of sp³-hybridized carbons (Fsp3) is 0.0588. The standard InChI is InChI=1S/C17H12ClN3/c1-11-6-7-14(18)16(8-11)21-17-12(9-19)10-20-15-5-3-2-4-13(15)17/h2-8,10H,1H3,(H,20,21). The summed E-state index contributed by atoms with van der Waals surface area (Å²) in [5.74, 6) is 0. The van der Waals surface area contributed by atoms with E-state index in [0.717, 1.165) is 27.8 Å². The first-order valence-corrected chi connectivity index (χ1v) is 6.88. The lowest BCUT2D eigenvalue weighted by atomic mass is 10.1. The highest BCUT2D eigenvalue weighted by molar-refractivity contribution is 6.33. The van der Waals surface area contributed by atoms with Gasteiger partial charge in [0.1, 0.15) is 6.07 Å². The number of anilines is 2. The number of hydrogen-bond acceptors (Lipinski definition) is 3. The topological polar surface area (TPSA) is 48.7 Å². The van der Waals surface area contributed by atoms with E-state index in [1.165, 1.54) is 0 Å². The SMILES string of the molecule is Cc1ccc(Cl)c(Nc2c(C#N)cnc3ccccc23)c1. The molecule has 3 aromatic rings. The molecule has 2 aromatic carbocycles. The van der Waals surface area contributed by atoms with Gasteiger partial charge in [-0.1, -0.05) is 35.9 Å². The van der Waals surface area contributed by atoms with Gasteiger partial charge in [0.05, 0.1) is 27.5 Å². The zero-order valence-corrected chi connectivity index (χ0v) is 12.1. The summed E-state index contributed by atoms with van der Waals surface area (Å²) >= 11 is 6.23. The number of hydrogen-bond donors (Lipinski definition) is 1. The molecule has 1 N–H and O–H groups in total. The molecule has 0 aliphatic rings. The van der Waals surface area contributed by atoms with Crippen molar-refractivity contribution in [1.29, 1.82) is 5.26 Å². The quantitative estimate of drug-likeness (QED) is 0.737. The molecule has 4 heteroatoms. The molecule has 1 aromatic heterocycles. The number of nitrogens with zero attached hydrogens (tertiary/aromatic N) is 2. The van der Waals surface area contributed by atoms with E-state index in [2.05, 4.69) is 16.4 Å². The number of halogens is 1. The third kappa shape index (κ3) is 2.54. The van der Waals surface area contributed by atoms with E-state index in [1.807, 2.05) is 49.4 Å². The van der Waals surface area contributed by atoms with E-state index in [-0.39, 0.29) is 0 Å². The molecule has 0 amide bonds. The number of aryl methyl sites for hydroxylation is 1. The van der Waals surface area contributed by atoms with E-state index in [9.17, 15) is 5.26 Å². The summed E-state index contributed by atoms with van der Waals surface area (Å²) in [5, 5.41) is 14.1. The van der Waals surface area contributed by atoms with Crippen molar-refractivity contribution >= 4 is 33.9 Å². The summed E-state index contributed by atoms with van der Waals surface area (Å²) < 4.78 is 0. The van der Waals surface area contributed by atoms with Crippen molar-refractivity contribution in [2.45, 2.75) is 6.92 Å². The first-order valence-electron chi connectivity index (χ1n) is 6.50. The lowest BCUT2D eigenvalue weighted by Crippen LogP contribution is -1.97. The molecule has 3 rings (SSSR count). The van der Waals surface area contributed by atoms with Gasteiger partial charge in [-0.2, -0.15) is 5.26 Å². The average Bonchev–Trinajstić information content (AvgIpc) is 2.51. The van der Waals surface area contributed by atoms with Crippen LogP contribution in [-0.4, -0.2) is 4.98 Å². The molecule has 0 spiro atoms. The van der Waals surface area contributed by atoms with Gasteiger partial charge in [0, 0.05) is 11.6 Å². The number of pyridine rings is 1. The van der Waals surface area contributed by atoms with E-state index >= 15 is 0 Å². The van der Waals surface area contributed by atoms with Crippen LogP contribution in [0.4, 0.5) is 11.4 Å². The second-order valence-electron chi connectivity index (χ2n) is 4.78. The molecule has 0 saturated heterocycles. The molecule has 21 heavy (non-hydrogen) atoms. The van der Waals surface area contributed by atoms with E-state index in [1.54, 1.807) is 6.20 Å². The molecule has 0 unspecified atom stereocenters. The van der Waals surface area contributed by atoms with Crippen molar-refractivity contribution in [2.75, 3.05) is 5.32 Å². The number of fused-ring (bicyclic) bond motifs is 1. The fourth-order valence-corrected chi connectivity index (χ4v) is 2.40. The lowest BCUT2D eigenvalue weighted by Gasteiger charge is -2.13. The Morgan fingerprint density at radius 2 is 2.00 bits per heavy atom. The van der Waals surface area contributed by atoms with E-state index in [0.29, 0.717) is 10.6 Å². The van der Waals surface area contributed by atoms with Crippen LogP contribution in [0.25, 0.3) is 10.9 Å². The third-order valence-electron chi connectivity index (χ3n) is 3.28. The summed E-state index contributed by atoms with van der Waals surface area (Å²) in [6.07, 6.45) is 1.58. The van der Waals surface area contributed by atoms with E-state index in [4.69, 9.17) is 11.6 Å². The van der Waals surface area contributed by atoms with Gasteiger partial charge in [-0.15, -0.1) is 0 Å². The zero-order chi connectivity index (χ0) is 14.8. The molecule has 0 atom stereocenters. The third-order valence-corrected chi connectivity index (χ3v) is 3.61. The molecule has 0 aliphatic heterocycles. The highest BCUT2D eigenvalue weighted by atomic mass is 35.5. The number of nitrogens with one attached hydrogen (secondary N) is 1. The van der Waals surface area contributed by atoms with Crippen molar-refractivity contribution in [3.8, 4) is 6.07 Å². The maximum Gasteiger partial charge on any atom is 0.103 e. The minimum absolute atomic E-state index is 0.492. The number of benzene rings is 2. The molecule has 0 aliphatic carbocycles. The van der Waals surface area contributed by atoms with Crippen molar-refractivity contribution in [2.24, 2.45) is 0 Å². The Morgan fingerprint density at radius 3 is 2.81 bits per heavy atom. The predicted octanol–water partition coefficient (Wildman–Crippen LogP) is 4.81. The summed E-state index contributed by atoms with van der Waals surface area (Å²) in [6.45, 7) is 2.00. The van der Waals surface area contributed by atoms with Crippen LogP contribution in [0, 0.1) is 18.3 Å². The Morgan fingerprint density at radius 1 is 1.19 bits per heavy atom. The highest BCUT2D eigenvalue weighted by Gasteiger charge is 2.10. The van der Waals surface area contributed by atoms with Crippen LogP contribution >= 0.6 is 11.6 Å². The first-order chi connectivity index (χ1) is 10.2. The summed E-state index contributed by atoms with van der Waals surface area (Å²) in [5.41, 5.74) is 3.94. The molecule has 0 radical (unpaired) electrons. The number of nitriles is 1. The van der Waals surface area contributed by atoms with Gasteiger partial charge in [-0.25, -0.2) is 0 Å². The monoisotopic (exact) mass is 293 g/mol. The molecule has 1 heterocycles. The Kier molecular flexibility index (Phi) is 3.47. The van der Waals surface area contributed by atoms with Crippen LogP contribution in [0.1, 0.15) is 11.1 Å². The zero-order valence-electron chi connectivity index (χ0n) is 11.4. The van der Waals surface area contributed by atoms with Crippen molar-refractivity contribution in [3.05, 3.63) is 64.8 Å². The van der Waals surface area contributed by atoms with Crippen LogP contribution in [0.5, 0.6) is 0 Å². The van der Waals surface area contributed by atoms with Crippen molar-refractivity contribution < 1.29 is 0 Å². The van der Waals surface area contributed by atoms with Gasteiger partial charge in [0.25, 0.3) is 0 Å². The minimum atomic E-state index is 0.492. The minimum Gasteiger partial charge on any atom is -0.353 e. The second-order valence-corrected chi connectivity index (χ2v) is 5.19. The first kappa shape index (κ1) is 13.4.